The van der Waals surface area contributed by atoms with E-state index in [4.69, 9.17) is 15.3 Å². The first kappa shape index (κ1) is 19.0. The number of ether oxygens (including phenoxy) is 1. The average Bonchev–Trinajstić information content (AvgIpc) is 2.62. The summed E-state index contributed by atoms with van der Waals surface area (Å²) in [6.07, 6.45) is -1.07. The maximum atomic E-state index is 12.2. The van der Waals surface area contributed by atoms with Crippen LogP contribution in [-0.2, 0) is 20.6 Å². The van der Waals surface area contributed by atoms with Gasteiger partial charge in [-0.25, -0.2) is 13.1 Å². The average molecular weight is 369 g/mol. The van der Waals surface area contributed by atoms with Crippen molar-refractivity contribution in [2.24, 2.45) is 0 Å². The van der Waals surface area contributed by atoms with Gasteiger partial charge in [-0.05, 0) is 42.8 Å². The SMILES string of the molecule is CC(Oc1ccc(C#N)cc1)C(=O)NS(=O)(=O)Cc1ccccc1C#N. The Balaban J connectivity index is 2.02. The minimum absolute atomic E-state index is 0.229. The van der Waals surface area contributed by atoms with Gasteiger partial charge in [0.05, 0.1) is 29.0 Å². The summed E-state index contributed by atoms with van der Waals surface area (Å²) in [5.41, 5.74) is 0.969. The first-order valence-corrected chi connectivity index (χ1v) is 9.19. The molecular weight excluding hydrogens is 354 g/mol. The first-order chi connectivity index (χ1) is 12.3. The van der Waals surface area contributed by atoms with Crippen molar-refractivity contribution in [3.05, 3.63) is 65.2 Å². The molecule has 1 unspecified atom stereocenters. The van der Waals surface area contributed by atoms with Crippen LogP contribution in [0.25, 0.3) is 0 Å². The van der Waals surface area contributed by atoms with Gasteiger partial charge in [0.2, 0.25) is 10.0 Å². The van der Waals surface area contributed by atoms with Crippen LogP contribution in [0.15, 0.2) is 48.5 Å². The van der Waals surface area contributed by atoms with Crippen molar-refractivity contribution in [3.8, 4) is 17.9 Å². The third kappa shape index (κ3) is 5.07. The standard InChI is InChI=1S/C18H15N3O4S/c1-13(25-17-8-6-14(10-19)7-9-17)18(22)21-26(23,24)12-16-5-3-2-4-15(16)11-20/h2-9,13H,12H2,1H3,(H,21,22). The molecule has 132 valence electrons. The van der Waals surface area contributed by atoms with E-state index in [0.29, 0.717) is 16.9 Å². The molecule has 0 spiro atoms. The highest BCUT2D eigenvalue weighted by molar-refractivity contribution is 7.89. The van der Waals surface area contributed by atoms with Crippen LogP contribution in [0.2, 0.25) is 0 Å². The quantitative estimate of drug-likeness (QED) is 0.829. The summed E-state index contributed by atoms with van der Waals surface area (Å²) in [6.45, 7) is 1.41. The van der Waals surface area contributed by atoms with Crippen LogP contribution in [-0.4, -0.2) is 20.4 Å². The zero-order chi connectivity index (χ0) is 19.2. The topological polar surface area (TPSA) is 120 Å². The molecule has 7 nitrogen and oxygen atoms in total. The number of carbonyl (C=O) groups excluding carboxylic acids is 1. The fourth-order valence-electron chi connectivity index (χ4n) is 2.10. The Kier molecular flexibility index (Phi) is 5.94. The number of sulfonamides is 1. The minimum Gasteiger partial charge on any atom is -0.481 e. The molecule has 0 saturated carbocycles. The van der Waals surface area contributed by atoms with Gasteiger partial charge in [0.25, 0.3) is 5.91 Å². The van der Waals surface area contributed by atoms with Crippen molar-refractivity contribution >= 4 is 15.9 Å². The molecule has 0 aliphatic carbocycles. The van der Waals surface area contributed by atoms with Crippen LogP contribution in [0.4, 0.5) is 0 Å². The maximum Gasteiger partial charge on any atom is 0.274 e. The lowest BCUT2D eigenvalue weighted by Crippen LogP contribution is -2.40. The normalized spacial score (nSPS) is 11.7. The van der Waals surface area contributed by atoms with Gasteiger partial charge in [0, 0.05) is 0 Å². The van der Waals surface area contributed by atoms with Gasteiger partial charge in [0.15, 0.2) is 6.10 Å². The molecule has 2 rings (SSSR count). The predicted molar refractivity (Wildman–Crippen MR) is 93.2 cm³/mol. The van der Waals surface area contributed by atoms with Gasteiger partial charge in [0.1, 0.15) is 5.75 Å². The second kappa shape index (κ2) is 8.15. The van der Waals surface area contributed by atoms with E-state index in [1.165, 1.54) is 43.3 Å². The largest absolute Gasteiger partial charge is 0.481 e. The van der Waals surface area contributed by atoms with Gasteiger partial charge in [-0.2, -0.15) is 10.5 Å². The molecule has 0 aliphatic heterocycles. The lowest BCUT2D eigenvalue weighted by Gasteiger charge is -2.15. The van der Waals surface area contributed by atoms with Gasteiger partial charge >= 0.3 is 0 Å². The second-order valence-corrected chi connectivity index (χ2v) is 7.11. The van der Waals surface area contributed by atoms with Crippen LogP contribution in [0.5, 0.6) is 5.75 Å². The summed E-state index contributed by atoms with van der Waals surface area (Å²) >= 11 is 0. The number of hydrogen-bond donors (Lipinski definition) is 1. The van der Waals surface area contributed by atoms with E-state index < -0.39 is 27.8 Å². The van der Waals surface area contributed by atoms with Crippen LogP contribution in [0.1, 0.15) is 23.6 Å². The van der Waals surface area contributed by atoms with Crippen molar-refractivity contribution in [2.45, 2.75) is 18.8 Å². The van der Waals surface area contributed by atoms with Gasteiger partial charge in [-0.3, -0.25) is 4.79 Å². The second-order valence-electron chi connectivity index (χ2n) is 5.39. The van der Waals surface area contributed by atoms with E-state index in [1.807, 2.05) is 16.9 Å². The van der Waals surface area contributed by atoms with Crippen molar-refractivity contribution in [3.63, 3.8) is 0 Å². The molecule has 1 atom stereocenters. The fraction of sp³-hybridized carbons (Fsp3) is 0.167. The Morgan fingerprint density at radius 3 is 2.38 bits per heavy atom. The zero-order valence-electron chi connectivity index (χ0n) is 13.8. The third-order valence-corrected chi connectivity index (χ3v) is 4.61. The fourth-order valence-corrected chi connectivity index (χ4v) is 3.30. The van der Waals surface area contributed by atoms with E-state index in [9.17, 15) is 13.2 Å². The van der Waals surface area contributed by atoms with Gasteiger partial charge < -0.3 is 4.74 Å². The third-order valence-electron chi connectivity index (χ3n) is 3.40. The number of nitriles is 2. The van der Waals surface area contributed by atoms with Crippen LogP contribution < -0.4 is 9.46 Å². The lowest BCUT2D eigenvalue weighted by atomic mass is 10.1. The zero-order valence-corrected chi connectivity index (χ0v) is 14.7. The van der Waals surface area contributed by atoms with E-state index in [1.54, 1.807) is 12.1 Å². The molecule has 1 amide bonds. The number of hydrogen-bond acceptors (Lipinski definition) is 6. The molecule has 0 aromatic heterocycles. The lowest BCUT2D eigenvalue weighted by molar-refractivity contribution is -0.125. The number of nitrogens with zero attached hydrogens (tertiary/aromatic N) is 2. The molecule has 8 heteroatoms. The van der Waals surface area contributed by atoms with Crippen molar-refractivity contribution in [1.82, 2.24) is 4.72 Å². The summed E-state index contributed by atoms with van der Waals surface area (Å²) in [6, 6.07) is 16.2. The van der Waals surface area contributed by atoms with E-state index in [2.05, 4.69) is 0 Å². The minimum atomic E-state index is -3.99. The van der Waals surface area contributed by atoms with Crippen LogP contribution in [0, 0.1) is 22.7 Å². The van der Waals surface area contributed by atoms with Crippen LogP contribution in [0.3, 0.4) is 0 Å². The monoisotopic (exact) mass is 369 g/mol. The highest BCUT2D eigenvalue weighted by atomic mass is 32.2. The van der Waals surface area contributed by atoms with Crippen molar-refractivity contribution in [2.75, 3.05) is 0 Å². The van der Waals surface area contributed by atoms with E-state index in [0.717, 1.165) is 0 Å². The Morgan fingerprint density at radius 2 is 1.77 bits per heavy atom. The summed E-state index contributed by atoms with van der Waals surface area (Å²) in [5.74, 6) is -0.992. The molecule has 0 radical (unpaired) electrons. The highest BCUT2D eigenvalue weighted by Gasteiger charge is 2.22. The Hall–Kier alpha value is -3.36. The first-order valence-electron chi connectivity index (χ1n) is 7.54. The van der Waals surface area contributed by atoms with Gasteiger partial charge in [-0.15, -0.1) is 0 Å². The molecule has 1 N–H and O–H groups in total. The maximum absolute atomic E-state index is 12.2. The van der Waals surface area contributed by atoms with Crippen molar-refractivity contribution < 1.29 is 17.9 Å². The molecule has 0 heterocycles. The summed E-state index contributed by atoms with van der Waals surface area (Å²) in [7, 11) is -3.99. The summed E-state index contributed by atoms with van der Waals surface area (Å²) < 4.78 is 31.7. The number of amides is 1. The molecule has 0 saturated heterocycles. The molecule has 2 aromatic carbocycles. The van der Waals surface area contributed by atoms with E-state index in [-0.39, 0.29) is 5.56 Å². The predicted octanol–water partition coefficient (Wildman–Crippen LogP) is 1.84. The Bertz CT molecular complexity index is 986. The molecular formula is C18H15N3O4S. The van der Waals surface area contributed by atoms with Gasteiger partial charge in [-0.1, -0.05) is 18.2 Å². The summed E-state index contributed by atoms with van der Waals surface area (Å²) in [5, 5.41) is 17.8. The van der Waals surface area contributed by atoms with Crippen LogP contribution >= 0.6 is 0 Å². The molecule has 0 fully saturated rings. The molecule has 0 bridgehead atoms. The summed E-state index contributed by atoms with van der Waals surface area (Å²) in [4.78, 5) is 12.1. The van der Waals surface area contributed by atoms with Crippen molar-refractivity contribution in [1.29, 1.82) is 10.5 Å². The highest BCUT2D eigenvalue weighted by Crippen LogP contribution is 2.14. The van der Waals surface area contributed by atoms with E-state index >= 15 is 0 Å². The number of nitrogens with one attached hydrogen (secondary N) is 1. The molecule has 2 aromatic rings. The number of rotatable bonds is 6. The molecule has 0 aliphatic rings. The Morgan fingerprint density at radius 1 is 1.12 bits per heavy atom. The molecule has 26 heavy (non-hydrogen) atoms. The Labute approximate surface area is 151 Å². The smallest absolute Gasteiger partial charge is 0.274 e. The number of benzene rings is 2. The number of carbonyl (C=O) groups is 1.